The van der Waals surface area contributed by atoms with Crippen molar-refractivity contribution in [2.24, 2.45) is 0 Å². The Morgan fingerprint density at radius 1 is 1.08 bits per heavy atom. The van der Waals surface area contributed by atoms with Gasteiger partial charge in [-0.1, -0.05) is 29.8 Å². The molecule has 0 amide bonds. The first-order valence-electron chi connectivity index (χ1n) is 7.46. The van der Waals surface area contributed by atoms with Crippen LogP contribution in [0.15, 0.2) is 52.9 Å². The number of hydrogen-bond acceptors (Lipinski definition) is 4. The molecular weight excluding hydrogens is 309 g/mol. The zero-order valence-corrected chi connectivity index (χ0v) is 13.4. The Bertz CT molecular complexity index is 851. The van der Waals surface area contributed by atoms with Crippen molar-refractivity contribution in [3.05, 3.63) is 65.7 Å². The number of nitrogens with zero attached hydrogens (tertiary/aromatic N) is 1. The molecule has 1 aromatic heterocycles. The third kappa shape index (κ3) is 3.35. The minimum Gasteiger partial charge on any atom is -0.469 e. The molecule has 2 aromatic carbocycles. The zero-order chi connectivity index (χ0) is 17.1. The molecule has 3 rings (SSSR count). The molecule has 0 N–H and O–H groups in total. The van der Waals surface area contributed by atoms with Gasteiger partial charge in [0, 0.05) is 11.1 Å². The number of carbonyl (C=O) groups excluding carboxylic acids is 1. The van der Waals surface area contributed by atoms with Gasteiger partial charge in [-0.3, -0.25) is 4.79 Å². The Kier molecular flexibility index (Phi) is 4.42. The van der Waals surface area contributed by atoms with Crippen molar-refractivity contribution < 1.29 is 18.3 Å². The highest BCUT2D eigenvalue weighted by Crippen LogP contribution is 2.30. The van der Waals surface area contributed by atoms with Crippen molar-refractivity contribution in [1.29, 1.82) is 0 Å². The molecule has 0 aliphatic carbocycles. The Balaban J connectivity index is 2.06. The Hall–Kier alpha value is -2.95. The number of carbonyl (C=O) groups is 1. The van der Waals surface area contributed by atoms with E-state index in [4.69, 9.17) is 9.15 Å². The van der Waals surface area contributed by atoms with Gasteiger partial charge in [-0.15, -0.1) is 0 Å². The smallest absolute Gasteiger partial charge is 0.313 e. The SMILES string of the molecule is COC(=O)Cc1oc(-c2ccc(F)cc2)nc1-c1ccc(C)cc1. The van der Waals surface area contributed by atoms with Gasteiger partial charge in [-0.05, 0) is 31.2 Å². The monoisotopic (exact) mass is 325 g/mol. The number of rotatable bonds is 4. The average Bonchev–Trinajstić information content (AvgIpc) is 3.00. The van der Waals surface area contributed by atoms with Gasteiger partial charge in [-0.25, -0.2) is 9.37 Å². The van der Waals surface area contributed by atoms with Gasteiger partial charge in [0.2, 0.25) is 5.89 Å². The van der Waals surface area contributed by atoms with E-state index in [0.717, 1.165) is 11.1 Å². The minimum absolute atomic E-state index is 0.0199. The number of oxazole rings is 1. The molecule has 1 heterocycles. The molecule has 0 unspecified atom stereocenters. The summed E-state index contributed by atoms with van der Waals surface area (Å²) in [4.78, 5) is 16.2. The summed E-state index contributed by atoms with van der Waals surface area (Å²) in [7, 11) is 1.32. The Morgan fingerprint density at radius 2 is 1.71 bits per heavy atom. The van der Waals surface area contributed by atoms with Gasteiger partial charge < -0.3 is 9.15 Å². The van der Waals surface area contributed by atoms with E-state index in [-0.39, 0.29) is 12.2 Å². The summed E-state index contributed by atoms with van der Waals surface area (Å²) >= 11 is 0. The fourth-order valence-corrected chi connectivity index (χ4v) is 2.33. The number of esters is 1. The predicted octanol–water partition coefficient (Wildman–Crippen LogP) is 4.17. The van der Waals surface area contributed by atoms with Crippen molar-refractivity contribution in [3.63, 3.8) is 0 Å². The van der Waals surface area contributed by atoms with E-state index in [1.54, 1.807) is 12.1 Å². The quantitative estimate of drug-likeness (QED) is 0.676. The van der Waals surface area contributed by atoms with E-state index in [1.807, 2.05) is 31.2 Å². The van der Waals surface area contributed by atoms with Crippen LogP contribution in [0.5, 0.6) is 0 Å². The number of aryl methyl sites for hydroxylation is 1. The molecule has 0 atom stereocenters. The van der Waals surface area contributed by atoms with E-state index in [9.17, 15) is 9.18 Å². The van der Waals surface area contributed by atoms with E-state index in [0.29, 0.717) is 22.9 Å². The van der Waals surface area contributed by atoms with Crippen molar-refractivity contribution >= 4 is 5.97 Å². The standard InChI is InChI=1S/C19H16FNO3/c1-12-3-5-13(6-4-12)18-16(11-17(22)23-2)24-19(21-18)14-7-9-15(20)10-8-14/h3-10H,11H2,1-2H3. The fourth-order valence-electron chi connectivity index (χ4n) is 2.33. The van der Waals surface area contributed by atoms with Crippen molar-refractivity contribution in [3.8, 4) is 22.7 Å². The molecule has 0 saturated carbocycles. The highest BCUT2D eigenvalue weighted by atomic mass is 19.1. The van der Waals surface area contributed by atoms with Gasteiger partial charge in [0.25, 0.3) is 0 Å². The Morgan fingerprint density at radius 3 is 2.33 bits per heavy atom. The lowest BCUT2D eigenvalue weighted by Gasteiger charge is -2.01. The highest BCUT2D eigenvalue weighted by molar-refractivity contribution is 5.76. The molecule has 0 aliphatic heterocycles. The number of hydrogen-bond donors (Lipinski definition) is 0. The summed E-state index contributed by atoms with van der Waals surface area (Å²) < 4.78 is 23.6. The molecule has 0 aliphatic rings. The zero-order valence-electron chi connectivity index (χ0n) is 13.4. The summed E-state index contributed by atoms with van der Waals surface area (Å²) in [6, 6.07) is 13.6. The van der Waals surface area contributed by atoms with Crippen molar-refractivity contribution in [2.45, 2.75) is 13.3 Å². The largest absolute Gasteiger partial charge is 0.469 e. The number of ether oxygens (including phenoxy) is 1. The van der Waals surface area contributed by atoms with E-state index >= 15 is 0 Å². The van der Waals surface area contributed by atoms with E-state index < -0.39 is 5.97 Å². The molecule has 0 saturated heterocycles. The summed E-state index contributed by atoms with van der Waals surface area (Å²) in [6.45, 7) is 1.99. The molecule has 0 fully saturated rings. The molecule has 0 radical (unpaired) electrons. The highest BCUT2D eigenvalue weighted by Gasteiger charge is 2.19. The summed E-state index contributed by atoms with van der Waals surface area (Å²) in [5.74, 6) is 0.0125. The maximum Gasteiger partial charge on any atom is 0.313 e. The predicted molar refractivity (Wildman–Crippen MR) is 87.8 cm³/mol. The maximum absolute atomic E-state index is 13.1. The lowest BCUT2D eigenvalue weighted by atomic mass is 10.1. The number of benzene rings is 2. The van der Waals surface area contributed by atoms with Gasteiger partial charge >= 0.3 is 5.97 Å². The maximum atomic E-state index is 13.1. The molecular formula is C19H16FNO3. The molecule has 4 nitrogen and oxygen atoms in total. The van der Waals surface area contributed by atoms with Crippen LogP contribution in [0.25, 0.3) is 22.7 Å². The van der Waals surface area contributed by atoms with Crippen molar-refractivity contribution in [2.75, 3.05) is 7.11 Å². The van der Waals surface area contributed by atoms with Crippen molar-refractivity contribution in [1.82, 2.24) is 4.98 Å². The second-order valence-electron chi connectivity index (χ2n) is 5.42. The van der Waals surface area contributed by atoms with Crippen LogP contribution in [0, 0.1) is 12.7 Å². The molecule has 122 valence electrons. The van der Waals surface area contributed by atoms with Crippen LogP contribution in [-0.2, 0) is 16.0 Å². The molecule has 24 heavy (non-hydrogen) atoms. The molecule has 5 heteroatoms. The first-order chi connectivity index (χ1) is 11.6. The first-order valence-corrected chi connectivity index (χ1v) is 7.46. The average molecular weight is 325 g/mol. The summed E-state index contributed by atoms with van der Waals surface area (Å²) in [5.41, 5.74) is 3.19. The van der Waals surface area contributed by atoms with Crippen LogP contribution in [0.1, 0.15) is 11.3 Å². The van der Waals surface area contributed by atoms with Crippen LogP contribution in [-0.4, -0.2) is 18.1 Å². The van der Waals surface area contributed by atoms with Crippen LogP contribution >= 0.6 is 0 Å². The van der Waals surface area contributed by atoms with Gasteiger partial charge in [0.05, 0.1) is 7.11 Å². The second-order valence-corrected chi connectivity index (χ2v) is 5.42. The third-order valence-electron chi connectivity index (χ3n) is 3.65. The van der Waals surface area contributed by atoms with Gasteiger partial charge in [0.1, 0.15) is 23.7 Å². The van der Waals surface area contributed by atoms with Gasteiger partial charge in [-0.2, -0.15) is 0 Å². The normalized spacial score (nSPS) is 10.6. The number of methoxy groups -OCH3 is 1. The van der Waals surface area contributed by atoms with Gasteiger partial charge in [0.15, 0.2) is 0 Å². The summed E-state index contributed by atoms with van der Waals surface area (Å²) in [6.07, 6.45) is -0.0199. The number of halogens is 1. The minimum atomic E-state index is -0.412. The number of aromatic nitrogens is 1. The first kappa shape index (κ1) is 15.9. The molecule has 3 aromatic rings. The van der Waals surface area contributed by atoms with E-state index in [1.165, 1.54) is 19.2 Å². The lowest BCUT2D eigenvalue weighted by Crippen LogP contribution is -2.04. The van der Waals surface area contributed by atoms with Crippen LogP contribution in [0.4, 0.5) is 4.39 Å². The summed E-state index contributed by atoms with van der Waals surface area (Å²) in [5, 5.41) is 0. The van der Waals surface area contributed by atoms with Crippen LogP contribution < -0.4 is 0 Å². The fraction of sp³-hybridized carbons (Fsp3) is 0.158. The third-order valence-corrected chi connectivity index (χ3v) is 3.65. The lowest BCUT2D eigenvalue weighted by molar-refractivity contribution is -0.140. The molecule has 0 spiro atoms. The van der Waals surface area contributed by atoms with Crippen LogP contribution in [0.3, 0.4) is 0 Å². The van der Waals surface area contributed by atoms with Crippen LogP contribution in [0.2, 0.25) is 0 Å². The topological polar surface area (TPSA) is 52.3 Å². The second kappa shape index (κ2) is 6.66. The van der Waals surface area contributed by atoms with E-state index in [2.05, 4.69) is 4.98 Å². The molecule has 0 bridgehead atoms. The Labute approximate surface area is 138 Å².